The van der Waals surface area contributed by atoms with Gasteiger partial charge < -0.3 is 14.2 Å². The zero-order valence-electron chi connectivity index (χ0n) is 40.1. The molecule has 0 spiro atoms. The van der Waals surface area contributed by atoms with E-state index in [4.69, 9.17) is 14.2 Å². The van der Waals surface area contributed by atoms with E-state index in [-0.39, 0.29) is 27.1 Å². The molecule has 3 nitrogen and oxygen atoms in total. The molecule has 0 saturated carbocycles. The van der Waals surface area contributed by atoms with E-state index in [1.807, 2.05) is 0 Å². The highest BCUT2D eigenvalue weighted by Gasteiger charge is 2.52. The lowest BCUT2D eigenvalue weighted by Gasteiger charge is -2.35. The molecular weight excluding hydrogens is 709 g/mol. The summed E-state index contributed by atoms with van der Waals surface area (Å²) in [5.41, 5.74) is 19.9. The summed E-state index contributed by atoms with van der Waals surface area (Å²) < 4.78 is 17.3. The smallest absolute Gasteiger partial charge is 0.0722 e. The van der Waals surface area contributed by atoms with E-state index in [0.29, 0.717) is 40.9 Å². The Morgan fingerprint density at radius 1 is 0.448 bits per heavy atom. The van der Waals surface area contributed by atoms with Gasteiger partial charge in [-0.15, -0.1) is 0 Å². The maximum atomic E-state index is 5.83. The summed E-state index contributed by atoms with van der Waals surface area (Å²) in [7, 11) is 0. The second-order valence-corrected chi connectivity index (χ2v) is 23.0. The normalized spacial score (nSPS) is 32.2. The molecule has 0 bridgehead atoms. The lowest BCUT2D eigenvalue weighted by Crippen LogP contribution is -2.32. The number of hydrogen-bond acceptors (Lipinski definition) is 3. The molecule has 0 saturated heterocycles. The van der Waals surface area contributed by atoms with Crippen LogP contribution in [0.5, 0.6) is 0 Å². The highest BCUT2D eigenvalue weighted by molar-refractivity contribution is 5.55. The molecule has 318 valence electrons. The fraction of sp³-hybridized carbons (Fsp3) is 0.673. The van der Waals surface area contributed by atoms with Crippen molar-refractivity contribution in [3.8, 4) is 0 Å². The molecule has 0 fully saturated rings. The van der Waals surface area contributed by atoms with Crippen molar-refractivity contribution in [3.63, 3.8) is 0 Å². The minimum Gasteiger partial charge on any atom is -0.376 e. The first-order chi connectivity index (χ1) is 26.9. The predicted molar refractivity (Wildman–Crippen MR) is 244 cm³/mol. The molecule has 58 heavy (non-hydrogen) atoms. The van der Waals surface area contributed by atoms with E-state index in [0.717, 1.165) is 39.6 Å². The second-order valence-electron chi connectivity index (χ2n) is 23.0. The number of ether oxygens (including phenoxy) is 3. The van der Waals surface area contributed by atoms with Crippen LogP contribution in [0.2, 0.25) is 0 Å². The summed E-state index contributed by atoms with van der Waals surface area (Å²) in [5.74, 6) is 3.58. The lowest BCUT2D eigenvalue weighted by atomic mass is 9.69. The topological polar surface area (TPSA) is 27.7 Å². The first-order valence-electron chi connectivity index (χ1n) is 23.1. The molecule has 7 atom stereocenters. The van der Waals surface area contributed by atoms with Crippen LogP contribution in [0.3, 0.4) is 0 Å². The van der Waals surface area contributed by atoms with Gasteiger partial charge in [-0.2, -0.15) is 0 Å². The van der Waals surface area contributed by atoms with Gasteiger partial charge in [-0.05, 0) is 123 Å². The molecule has 9 rings (SSSR count). The Morgan fingerprint density at radius 2 is 0.845 bits per heavy atom. The Morgan fingerprint density at radius 3 is 1.36 bits per heavy atom. The third kappa shape index (κ3) is 6.44. The molecule has 0 aromatic heterocycles. The summed E-state index contributed by atoms with van der Waals surface area (Å²) in [4.78, 5) is 0. The van der Waals surface area contributed by atoms with Crippen LogP contribution in [0.25, 0.3) is 0 Å². The highest BCUT2D eigenvalue weighted by atomic mass is 16.5. The van der Waals surface area contributed by atoms with Gasteiger partial charge in [-0.1, -0.05) is 161 Å². The van der Waals surface area contributed by atoms with Crippen molar-refractivity contribution in [2.75, 3.05) is 19.8 Å². The lowest BCUT2D eigenvalue weighted by molar-refractivity contribution is 0.0934. The minimum atomic E-state index is 0.241. The fourth-order valence-electron chi connectivity index (χ4n) is 12.9. The van der Waals surface area contributed by atoms with Crippen LogP contribution in [0.4, 0.5) is 0 Å². The summed E-state index contributed by atoms with van der Waals surface area (Å²) in [6.45, 7) is 47.9. The van der Waals surface area contributed by atoms with Gasteiger partial charge >= 0.3 is 0 Å². The average molecular weight is 789 g/mol. The van der Waals surface area contributed by atoms with Crippen LogP contribution < -0.4 is 0 Å². The molecule has 6 aliphatic rings. The fourth-order valence-corrected chi connectivity index (χ4v) is 12.9. The summed E-state index contributed by atoms with van der Waals surface area (Å²) in [6.07, 6.45) is 1.21. The van der Waals surface area contributed by atoms with Crippen LogP contribution >= 0.6 is 0 Å². The van der Waals surface area contributed by atoms with Gasteiger partial charge in [0.25, 0.3) is 0 Å². The van der Waals surface area contributed by atoms with Crippen molar-refractivity contribution >= 4 is 0 Å². The van der Waals surface area contributed by atoms with Crippen molar-refractivity contribution in [1.29, 1.82) is 0 Å². The Labute approximate surface area is 354 Å². The predicted octanol–water partition coefficient (Wildman–Crippen LogP) is 14.0. The summed E-state index contributed by atoms with van der Waals surface area (Å²) in [5, 5.41) is 0. The van der Waals surface area contributed by atoms with Crippen LogP contribution in [-0.4, -0.2) is 19.8 Å². The molecule has 0 amide bonds. The first kappa shape index (κ1) is 43.6. The Hall–Kier alpha value is -2.46. The van der Waals surface area contributed by atoms with E-state index >= 15 is 0 Å². The van der Waals surface area contributed by atoms with Crippen LogP contribution in [0, 0.1) is 17.8 Å². The van der Waals surface area contributed by atoms with Gasteiger partial charge in [0.1, 0.15) is 0 Å². The number of rotatable bonds is 1. The highest BCUT2D eigenvalue weighted by Crippen LogP contribution is 2.58. The Balaban J connectivity index is 0.000000132. The maximum Gasteiger partial charge on any atom is 0.0722 e. The molecular formula is C55H80O3. The standard InChI is InChI=1S/C19H28O.2C18H26O/c1-7-19(6)13(3)18(4,5)16-9-15-12(2)10-20-11-14(15)8-17(16)19;1-11-9-19-10-13-7-15-16(8-14(11)13)18(5,6)12(2)17(15,3)4;1-11-9-19-10-14-13(11)7-8-15-16(14)18(5,6)12(2)17(15,3)4/h8-9,12-13H,7,10-11H2,1-6H3;2*7-8,11-12H,9-10H2,1-6H3. The van der Waals surface area contributed by atoms with E-state index in [1.165, 1.54) is 39.8 Å². The minimum absolute atomic E-state index is 0.241. The van der Waals surface area contributed by atoms with Gasteiger partial charge in [0.05, 0.1) is 39.6 Å². The number of hydrogen-bond donors (Lipinski definition) is 0. The molecule has 3 aliphatic carbocycles. The van der Waals surface area contributed by atoms with Crippen molar-refractivity contribution < 1.29 is 14.2 Å². The number of fused-ring (bicyclic) bond motifs is 7. The van der Waals surface area contributed by atoms with Gasteiger partial charge in [0.2, 0.25) is 0 Å². The first-order valence-corrected chi connectivity index (χ1v) is 23.1. The van der Waals surface area contributed by atoms with Crippen molar-refractivity contribution in [3.05, 3.63) is 103 Å². The zero-order valence-corrected chi connectivity index (χ0v) is 40.1. The maximum absolute atomic E-state index is 5.83. The Bertz CT molecular complexity index is 2050. The number of benzene rings is 3. The van der Waals surface area contributed by atoms with E-state index in [1.54, 1.807) is 33.4 Å². The molecule has 0 N–H and O–H groups in total. The molecule has 3 heteroatoms. The van der Waals surface area contributed by atoms with Gasteiger partial charge in [-0.3, -0.25) is 0 Å². The van der Waals surface area contributed by atoms with Crippen molar-refractivity contribution in [2.24, 2.45) is 17.8 Å². The second kappa shape index (κ2) is 14.6. The van der Waals surface area contributed by atoms with Crippen LogP contribution in [0.1, 0.15) is 216 Å². The van der Waals surface area contributed by atoms with E-state index < -0.39 is 0 Å². The van der Waals surface area contributed by atoms with Crippen LogP contribution in [-0.2, 0) is 66.5 Å². The molecule has 3 heterocycles. The largest absolute Gasteiger partial charge is 0.376 e. The summed E-state index contributed by atoms with van der Waals surface area (Å²) >= 11 is 0. The molecule has 3 aliphatic heterocycles. The average Bonchev–Trinajstić information content (AvgIpc) is 3.49. The zero-order chi connectivity index (χ0) is 42.7. The molecule has 3 aromatic carbocycles. The summed E-state index contributed by atoms with van der Waals surface area (Å²) in [6, 6.07) is 14.7. The van der Waals surface area contributed by atoms with Crippen molar-refractivity contribution in [1.82, 2.24) is 0 Å². The SMILES string of the molecule is CC1COCc2c1ccc1c2C(C)(C)C(C)C1(C)C.CC1COCc2cc3c(cc21)C(C)(C)C(C)C3(C)C.CCC1(C)c2cc3c(cc2C(C)(C)C1C)C(C)COC3. The van der Waals surface area contributed by atoms with Crippen molar-refractivity contribution in [2.45, 2.75) is 201 Å². The molecule has 3 aromatic rings. The quantitative estimate of drug-likeness (QED) is 0.246. The molecule has 7 unspecified atom stereocenters. The van der Waals surface area contributed by atoms with Gasteiger partial charge in [-0.25, -0.2) is 0 Å². The van der Waals surface area contributed by atoms with E-state index in [9.17, 15) is 0 Å². The van der Waals surface area contributed by atoms with Crippen LogP contribution in [0.15, 0.2) is 36.4 Å². The molecule has 0 radical (unpaired) electrons. The van der Waals surface area contributed by atoms with Gasteiger partial charge in [0.15, 0.2) is 0 Å². The van der Waals surface area contributed by atoms with Gasteiger partial charge in [0, 0.05) is 17.8 Å². The third-order valence-electron chi connectivity index (χ3n) is 18.5. The Kier molecular flexibility index (Phi) is 11.0. The third-order valence-corrected chi connectivity index (χ3v) is 18.5. The monoisotopic (exact) mass is 789 g/mol. The van der Waals surface area contributed by atoms with E-state index in [2.05, 4.69) is 161 Å².